The summed E-state index contributed by atoms with van der Waals surface area (Å²) in [7, 11) is 0. The first-order valence-electron chi connectivity index (χ1n) is 5.51. The highest BCUT2D eigenvalue weighted by Gasteiger charge is 2.09. The number of aryl methyl sites for hydroxylation is 1. The van der Waals surface area contributed by atoms with Crippen LogP contribution in [-0.4, -0.2) is 4.98 Å². The third-order valence-corrected chi connectivity index (χ3v) is 2.67. The number of nitrogen functional groups attached to an aromatic ring is 1. The number of nitrogens with two attached hydrogens (primary N) is 1. The molecule has 2 N–H and O–H groups in total. The third-order valence-electron chi connectivity index (χ3n) is 2.67. The number of rotatable bonds is 2. The molecular weight excluding hydrogens is 210 g/mol. The molecule has 1 heterocycles. The highest BCUT2D eigenvalue weighted by atomic mass is 14.8. The largest absolute Gasteiger partial charge is 0.383 e. The van der Waals surface area contributed by atoms with Crippen molar-refractivity contribution in [1.29, 1.82) is 5.26 Å². The van der Waals surface area contributed by atoms with Gasteiger partial charge in [-0.3, -0.25) is 0 Å². The number of hydrogen-bond donors (Lipinski definition) is 1. The zero-order valence-corrected chi connectivity index (χ0v) is 9.64. The fourth-order valence-electron chi connectivity index (χ4n) is 1.79. The highest BCUT2D eigenvalue weighted by Crippen LogP contribution is 2.25. The van der Waals surface area contributed by atoms with Crippen LogP contribution in [0.15, 0.2) is 36.4 Å². The van der Waals surface area contributed by atoms with Gasteiger partial charge in [-0.25, -0.2) is 4.98 Å². The van der Waals surface area contributed by atoms with E-state index >= 15 is 0 Å². The zero-order chi connectivity index (χ0) is 12.3. The molecule has 2 rings (SSSR count). The fraction of sp³-hybridized carbons (Fsp3) is 0.143. The zero-order valence-electron chi connectivity index (χ0n) is 9.64. The van der Waals surface area contributed by atoms with Gasteiger partial charge in [0, 0.05) is 5.56 Å². The molecule has 2 aromatic rings. The van der Waals surface area contributed by atoms with Crippen LogP contribution in [0.3, 0.4) is 0 Å². The molecule has 0 radical (unpaired) electrons. The van der Waals surface area contributed by atoms with Gasteiger partial charge in [0.2, 0.25) is 0 Å². The monoisotopic (exact) mass is 223 g/mol. The van der Waals surface area contributed by atoms with E-state index in [4.69, 9.17) is 11.0 Å². The fourth-order valence-corrected chi connectivity index (χ4v) is 1.79. The lowest BCUT2D eigenvalue weighted by Crippen LogP contribution is -2.01. The summed E-state index contributed by atoms with van der Waals surface area (Å²) in [5.74, 6) is 0.309. The van der Waals surface area contributed by atoms with Crippen LogP contribution in [0.4, 0.5) is 5.82 Å². The molecule has 0 unspecified atom stereocenters. The quantitative estimate of drug-likeness (QED) is 0.851. The van der Waals surface area contributed by atoms with E-state index in [1.807, 2.05) is 43.3 Å². The van der Waals surface area contributed by atoms with E-state index in [0.717, 1.165) is 23.2 Å². The molecule has 84 valence electrons. The number of nitriles is 1. The van der Waals surface area contributed by atoms with E-state index in [-0.39, 0.29) is 0 Å². The van der Waals surface area contributed by atoms with Crippen molar-refractivity contribution in [2.75, 3.05) is 5.73 Å². The second-order valence-electron chi connectivity index (χ2n) is 3.75. The Morgan fingerprint density at radius 2 is 2.00 bits per heavy atom. The molecule has 0 saturated carbocycles. The Balaban J connectivity index is 2.65. The predicted octanol–water partition coefficient (Wildman–Crippen LogP) is 2.76. The molecule has 0 amide bonds. The maximum Gasteiger partial charge on any atom is 0.141 e. The van der Waals surface area contributed by atoms with Crippen LogP contribution in [0.5, 0.6) is 0 Å². The Morgan fingerprint density at radius 3 is 2.59 bits per heavy atom. The van der Waals surface area contributed by atoms with Crippen molar-refractivity contribution in [2.24, 2.45) is 0 Å². The van der Waals surface area contributed by atoms with Gasteiger partial charge in [0.05, 0.1) is 11.3 Å². The van der Waals surface area contributed by atoms with Gasteiger partial charge in [0.25, 0.3) is 0 Å². The topological polar surface area (TPSA) is 62.7 Å². The number of hydrogen-bond acceptors (Lipinski definition) is 3. The van der Waals surface area contributed by atoms with E-state index in [1.54, 1.807) is 0 Å². The lowest BCUT2D eigenvalue weighted by Gasteiger charge is -2.09. The molecule has 0 atom stereocenters. The van der Waals surface area contributed by atoms with Gasteiger partial charge in [-0.1, -0.05) is 37.3 Å². The third kappa shape index (κ3) is 2.11. The normalized spacial score (nSPS) is 9.88. The summed E-state index contributed by atoms with van der Waals surface area (Å²) in [6, 6.07) is 13.8. The van der Waals surface area contributed by atoms with Crippen molar-refractivity contribution < 1.29 is 0 Å². The first kappa shape index (κ1) is 11.2. The van der Waals surface area contributed by atoms with Gasteiger partial charge in [-0.2, -0.15) is 5.26 Å². The lowest BCUT2D eigenvalue weighted by atomic mass is 10.0. The summed E-state index contributed by atoms with van der Waals surface area (Å²) in [6.45, 7) is 2.03. The molecule has 0 fully saturated rings. The van der Waals surface area contributed by atoms with Gasteiger partial charge < -0.3 is 5.73 Å². The van der Waals surface area contributed by atoms with Gasteiger partial charge in [0.15, 0.2) is 0 Å². The summed E-state index contributed by atoms with van der Waals surface area (Å²) < 4.78 is 0. The summed E-state index contributed by atoms with van der Waals surface area (Å²) in [5.41, 5.74) is 9.12. The Labute approximate surface area is 101 Å². The van der Waals surface area contributed by atoms with E-state index in [1.165, 1.54) is 0 Å². The standard InChI is InChI=1S/C14H13N3/c1-2-13-12(10-6-4-3-5-7-10)8-11(9-15)14(16)17-13/h3-8H,2H2,1H3,(H2,16,17). The van der Waals surface area contributed by atoms with Crippen LogP contribution < -0.4 is 5.73 Å². The Bertz CT molecular complexity index is 568. The maximum absolute atomic E-state index is 8.98. The molecule has 17 heavy (non-hydrogen) atoms. The number of pyridine rings is 1. The molecule has 0 bridgehead atoms. The molecule has 0 saturated heterocycles. The number of aromatic nitrogens is 1. The second kappa shape index (κ2) is 4.67. The Kier molecular flexibility index (Phi) is 3.06. The first-order chi connectivity index (χ1) is 8.26. The van der Waals surface area contributed by atoms with Gasteiger partial charge in [0.1, 0.15) is 11.9 Å². The van der Waals surface area contributed by atoms with Crippen molar-refractivity contribution >= 4 is 5.82 Å². The Morgan fingerprint density at radius 1 is 1.29 bits per heavy atom. The van der Waals surface area contributed by atoms with E-state index < -0.39 is 0 Å². The molecule has 0 aliphatic rings. The predicted molar refractivity (Wildman–Crippen MR) is 68.2 cm³/mol. The van der Waals surface area contributed by atoms with E-state index in [9.17, 15) is 0 Å². The molecule has 0 spiro atoms. The molecule has 1 aromatic heterocycles. The highest BCUT2D eigenvalue weighted by molar-refractivity contribution is 5.70. The molecule has 0 aliphatic carbocycles. The van der Waals surface area contributed by atoms with Crippen LogP contribution in [0.1, 0.15) is 18.2 Å². The van der Waals surface area contributed by atoms with Crippen LogP contribution in [0.25, 0.3) is 11.1 Å². The average Bonchev–Trinajstić information content (AvgIpc) is 2.39. The molecule has 0 aliphatic heterocycles. The van der Waals surface area contributed by atoms with Crippen LogP contribution in [-0.2, 0) is 6.42 Å². The van der Waals surface area contributed by atoms with Crippen LogP contribution in [0, 0.1) is 11.3 Å². The van der Waals surface area contributed by atoms with Gasteiger partial charge >= 0.3 is 0 Å². The SMILES string of the molecule is CCc1nc(N)c(C#N)cc1-c1ccccc1. The molecular formula is C14H13N3. The van der Waals surface area contributed by atoms with E-state index in [0.29, 0.717) is 11.4 Å². The molecule has 3 nitrogen and oxygen atoms in total. The second-order valence-corrected chi connectivity index (χ2v) is 3.75. The minimum absolute atomic E-state index is 0.309. The van der Waals surface area contributed by atoms with Crippen molar-refractivity contribution in [3.8, 4) is 17.2 Å². The van der Waals surface area contributed by atoms with Crippen LogP contribution in [0.2, 0.25) is 0 Å². The van der Waals surface area contributed by atoms with Crippen LogP contribution >= 0.6 is 0 Å². The minimum Gasteiger partial charge on any atom is -0.383 e. The summed E-state index contributed by atoms with van der Waals surface area (Å²) in [4.78, 5) is 4.29. The van der Waals surface area contributed by atoms with Crippen molar-refractivity contribution in [3.05, 3.63) is 47.7 Å². The summed E-state index contributed by atoms with van der Waals surface area (Å²) in [6.07, 6.45) is 0.792. The number of anilines is 1. The van der Waals surface area contributed by atoms with Gasteiger partial charge in [-0.05, 0) is 18.1 Å². The molecule has 1 aromatic carbocycles. The van der Waals surface area contributed by atoms with Gasteiger partial charge in [-0.15, -0.1) is 0 Å². The average molecular weight is 223 g/mol. The Hall–Kier alpha value is -2.34. The smallest absolute Gasteiger partial charge is 0.141 e. The lowest BCUT2D eigenvalue weighted by molar-refractivity contribution is 1.04. The maximum atomic E-state index is 8.98. The van der Waals surface area contributed by atoms with Crippen molar-refractivity contribution in [3.63, 3.8) is 0 Å². The first-order valence-corrected chi connectivity index (χ1v) is 5.51. The van der Waals surface area contributed by atoms with Crippen molar-refractivity contribution in [1.82, 2.24) is 4.98 Å². The number of benzene rings is 1. The minimum atomic E-state index is 0.309. The van der Waals surface area contributed by atoms with E-state index in [2.05, 4.69) is 11.1 Å². The summed E-state index contributed by atoms with van der Waals surface area (Å²) >= 11 is 0. The number of nitrogens with zero attached hydrogens (tertiary/aromatic N) is 2. The van der Waals surface area contributed by atoms with Crippen molar-refractivity contribution in [2.45, 2.75) is 13.3 Å². The molecule has 3 heteroatoms. The summed E-state index contributed by atoms with van der Waals surface area (Å²) in [5, 5.41) is 8.98.